The van der Waals surface area contributed by atoms with E-state index >= 15 is 0 Å². The zero-order valence-corrected chi connectivity index (χ0v) is 12.9. The highest BCUT2D eigenvalue weighted by Crippen LogP contribution is 2.42. The minimum Gasteiger partial charge on any atom is -0.324 e. The molecule has 0 aromatic heterocycles. The highest BCUT2D eigenvalue weighted by molar-refractivity contribution is 7.85. The third-order valence-electron chi connectivity index (χ3n) is 3.64. The third-order valence-corrected chi connectivity index (χ3v) is 6.71. The van der Waals surface area contributed by atoms with Crippen LogP contribution in [0.5, 0.6) is 0 Å². The van der Waals surface area contributed by atoms with Crippen molar-refractivity contribution >= 4 is 28.7 Å². The van der Waals surface area contributed by atoms with Gasteiger partial charge in [-0.05, 0) is 24.3 Å². The molecule has 0 radical (unpaired) electrons. The van der Waals surface area contributed by atoms with E-state index < -0.39 is 7.14 Å². The maximum absolute atomic E-state index is 14.0. The van der Waals surface area contributed by atoms with Crippen LogP contribution in [0.1, 0.15) is 0 Å². The van der Waals surface area contributed by atoms with Crippen molar-refractivity contribution in [3.8, 4) is 0 Å². The van der Waals surface area contributed by atoms with E-state index in [0.29, 0.717) is 0 Å². The Morgan fingerprint density at radius 2 is 1.05 bits per heavy atom. The number of anilines is 1. The molecule has 4 heteroatoms. The number of hydrazine groups is 1. The fourth-order valence-electron chi connectivity index (χ4n) is 2.49. The summed E-state index contributed by atoms with van der Waals surface area (Å²) in [5, 5.41) is 2.45. The van der Waals surface area contributed by atoms with Gasteiger partial charge in [0.15, 0.2) is 7.14 Å². The maximum atomic E-state index is 14.0. The van der Waals surface area contributed by atoms with Gasteiger partial charge in [-0.1, -0.05) is 60.7 Å². The molecule has 3 aromatic carbocycles. The molecule has 3 nitrogen and oxygen atoms in total. The molecule has 3 N–H and O–H groups in total. The van der Waals surface area contributed by atoms with Crippen LogP contribution < -0.4 is 27.2 Å². The summed E-state index contributed by atoms with van der Waals surface area (Å²) in [7, 11) is -2.88. The summed E-state index contributed by atoms with van der Waals surface area (Å²) in [5.74, 6) is 5.41. The number of hydrogen-bond acceptors (Lipinski definition) is 3. The van der Waals surface area contributed by atoms with Gasteiger partial charge in [-0.3, -0.25) is 5.84 Å². The summed E-state index contributed by atoms with van der Waals surface area (Å²) >= 11 is 0. The standard InChI is InChI=1S/C18H17N2OP/c19-20-15-11-13-18(14-12-15)22(21,16-7-3-1-4-8-16)17-9-5-2-6-10-17/h1-14,20H,19H2. The van der Waals surface area contributed by atoms with E-state index in [-0.39, 0.29) is 0 Å². The predicted octanol–water partition coefficient (Wildman–Crippen LogP) is 2.61. The van der Waals surface area contributed by atoms with Crippen molar-refractivity contribution in [2.75, 3.05) is 5.43 Å². The Labute approximate surface area is 130 Å². The Kier molecular flexibility index (Phi) is 4.10. The molecule has 0 unspecified atom stereocenters. The van der Waals surface area contributed by atoms with E-state index in [2.05, 4.69) is 5.43 Å². The lowest BCUT2D eigenvalue weighted by Gasteiger charge is -2.20. The van der Waals surface area contributed by atoms with Gasteiger partial charge < -0.3 is 9.99 Å². The first-order valence-corrected chi connectivity index (χ1v) is 8.74. The van der Waals surface area contributed by atoms with E-state index in [1.54, 1.807) is 0 Å². The lowest BCUT2D eigenvalue weighted by molar-refractivity contribution is 0.592. The molecule has 22 heavy (non-hydrogen) atoms. The number of nitrogens with two attached hydrogens (primary N) is 1. The Morgan fingerprint density at radius 3 is 1.45 bits per heavy atom. The van der Waals surface area contributed by atoms with Gasteiger partial charge >= 0.3 is 0 Å². The number of benzene rings is 3. The molecule has 3 rings (SSSR count). The zero-order chi connectivity index (χ0) is 15.4. The minimum atomic E-state index is -2.88. The topological polar surface area (TPSA) is 55.1 Å². The van der Waals surface area contributed by atoms with Crippen molar-refractivity contribution < 1.29 is 4.57 Å². The molecule has 110 valence electrons. The fourth-order valence-corrected chi connectivity index (χ4v) is 5.14. The van der Waals surface area contributed by atoms with E-state index in [1.165, 1.54) is 0 Å². The van der Waals surface area contributed by atoms with E-state index in [4.69, 9.17) is 5.84 Å². The first kappa shape index (κ1) is 14.6. The first-order chi connectivity index (χ1) is 10.7. The van der Waals surface area contributed by atoms with Crippen molar-refractivity contribution in [1.82, 2.24) is 0 Å². The zero-order valence-electron chi connectivity index (χ0n) is 12.0. The quantitative estimate of drug-likeness (QED) is 0.442. The Hall–Kier alpha value is -2.35. The van der Waals surface area contributed by atoms with Crippen LogP contribution in [0, 0.1) is 0 Å². The van der Waals surface area contributed by atoms with Crippen molar-refractivity contribution in [1.29, 1.82) is 0 Å². The Morgan fingerprint density at radius 1 is 0.636 bits per heavy atom. The highest BCUT2D eigenvalue weighted by atomic mass is 31.2. The van der Waals surface area contributed by atoms with Gasteiger partial charge in [-0.25, -0.2) is 0 Å². The molecule has 3 aromatic rings. The van der Waals surface area contributed by atoms with Crippen LogP contribution in [0.3, 0.4) is 0 Å². The summed E-state index contributed by atoms with van der Waals surface area (Å²) in [5.41, 5.74) is 3.38. The summed E-state index contributed by atoms with van der Waals surface area (Å²) in [4.78, 5) is 0. The third kappa shape index (κ3) is 2.57. The summed E-state index contributed by atoms with van der Waals surface area (Å²) < 4.78 is 14.0. The summed E-state index contributed by atoms with van der Waals surface area (Å²) in [6, 6.07) is 26.6. The average Bonchev–Trinajstić information content (AvgIpc) is 2.62. The largest absolute Gasteiger partial charge is 0.324 e. The molecule has 0 aliphatic rings. The molecule has 0 saturated heterocycles. The molecule has 0 fully saturated rings. The Balaban J connectivity index is 2.21. The minimum absolute atomic E-state index is 0.788. The SMILES string of the molecule is NNc1ccc(P(=O)(c2ccccc2)c2ccccc2)cc1. The van der Waals surface area contributed by atoms with Gasteiger partial charge in [0.25, 0.3) is 0 Å². The maximum Gasteiger partial charge on any atom is 0.171 e. The molecule has 0 spiro atoms. The van der Waals surface area contributed by atoms with Gasteiger partial charge in [0.05, 0.1) is 0 Å². The van der Waals surface area contributed by atoms with Gasteiger partial charge in [0.2, 0.25) is 0 Å². The molecular formula is C18H17N2OP. The average molecular weight is 308 g/mol. The second kappa shape index (κ2) is 6.18. The van der Waals surface area contributed by atoms with Crippen LogP contribution in [0.2, 0.25) is 0 Å². The van der Waals surface area contributed by atoms with Gasteiger partial charge in [0, 0.05) is 21.6 Å². The molecule has 0 aliphatic carbocycles. The van der Waals surface area contributed by atoms with Crippen LogP contribution in [-0.2, 0) is 4.57 Å². The Bertz CT molecular complexity index is 743. The van der Waals surface area contributed by atoms with Crippen molar-refractivity contribution in [3.63, 3.8) is 0 Å². The van der Waals surface area contributed by atoms with Gasteiger partial charge in [0.1, 0.15) is 0 Å². The normalized spacial score (nSPS) is 11.1. The molecule has 0 heterocycles. The predicted molar refractivity (Wildman–Crippen MR) is 93.6 cm³/mol. The summed E-state index contributed by atoms with van der Waals surface area (Å²) in [6.07, 6.45) is 0. The molecule has 0 saturated carbocycles. The number of hydrogen-bond donors (Lipinski definition) is 2. The second-order valence-corrected chi connectivity index (χ2v) is 7.74. The summed E-state index contributed by atoms with van der Waals surface area (Å²) in [6.45, 7) is 0. The smallest absolute Gasteiger partial charge is 0.171 e. The molecule has 0 amide bonds. The molecule has 0 aliphatic heterocycles. The number of nitrogen functional groups attached to an aromatic ring is 1. The lowest BCUT2D eigenvalue weighted by atomic mass is 10.3. The van der Waals surface area contributed by atoms with Gasteiger partial charge in [-0.15, -0.1) is 0 Å². The van der Waals surface area contributed by atoms with E-state index in [9.17, 15) is 4.57 Å². The highest BCUT2D eigenvalue weighted by Gasteiger charge is 2.29. The van der Waals surface area contributed by atoms with Crippen molar-refractivity contribution in [3.05, 3.63) is 84.9 Å². The van der Waals surface area contributed by atoms with Crippen LogP contribution in [0.15, 0.2) is 84.9 Å². The van der Waals surface area contributed by atoms with Crippen LogP contribution in [-0.4, -0.2) is 0 Å². The van der Waals surface area contributed by atoms with Crippen molar-refractivity contribution in [2.24, 2.45) is 5.84 Å². The van der Waals surface area contributed by atoms with Crippen molar-refractivity contribution in [2.45, 2.75) is 0 Å². The fraction of sp³-hybridized carbons (Fsp3) is 0. The van der Waals surface area contributed by atoms with Gasteiger partial charge in [-0.2, -0.15) is 0 Å². The van der Waals surface area contributed by atoms with E-state index in [1.807, 2.05) is 84.9 Å². The molecule has 0 atom stereocenters. The second-order valence-electron chi connectivity index (χ2n) is 4.97. The van der Waals surface area contributed by atoms with Crippen LogP contribution in [0.4, 0.5) is 5.69 Å². The lowest BCUT2D eigenvalue weighted by Crippen LogP contribution is -2.25. The monoisotopic (exact) mass is 308 g/mol. The first-order valence-electron chi connectivity index (χ1n) is 7.03. The molecular weight excluding hydrogens is 291 g/mol. The van der Waals surface area contributed by atoms with Crippen LogP contribution in [0.25, 0.3) is 0 Å². The number of rotatable bonds is 4. The molecule has 0 bridgehead atoms. The van der Waals surface area contributed by atoms with E-state index in [0.717, 1.165) is 21.6 Å². The van der Waals surface area contributed by atoms with Crippen LogP contribution >= 0.6 is 7.14 Å². The number of nitrogens with one attached hydrogen (secondary N) is 1.